The molecule has 0 saturated carbocycles. The van der Waals surface area contributed by atoms with E-state index in [1.54, 1.807) is 12.0 Å². The molecule has 1 aromatic rings. The van der Waals surface area contributed by atoms with Gasteiger partial charge in [-0.1, -0.05) is 12.2 Å². The van der Waals surface area contributed by atoms with Crippen molar-refractivity contribution in [2.24, 2.45) is 0 Å². The van der Waals surface area contributed by atoms with Crippen molar-refractivity contribution >= 4 is 0 Å². The molecule has 0 bridgehead atoms. The van der Waals surface area contributed by atoms with Crippen LogP contribution in [0, 0.1) is 0 Å². The summed E-state index contributed by atoms with van der Waals surface area (Å²) in [6.07, 6.45) is 5.51. The van der Waals surface area contributed by atoms with Crippen LogP contribution in [0.2, 0.25) is 0 Å². The average Bonchev–Trinajstić information content (AvgIpc) is 2.76. The second-order valence-corrected chi connectivity index (χ2v) is 6.72. The summed E-state index contributed by atoms with van der Waals surface area (Å²) < 4.78 is 11.8. The van der Waals surface area contributed by atoms with Crippen LogP contribution in [-0.2, 0) is 12.0 Å². The van der Waals surface area contributed by atoms with Crippen LogP contribution in [-0.4, -0.2) is 37.5 Å². The highest BCUT2D eigenvalue weighted by Crippen LogP contribution is 2.54. The Morgan fingerprint density at radius 3 is 3.09 bits per heavy atom. The van der Waals surface area contributed by atoms with Gasteiger partial charge in [0.15, 0.2) is 11.5 Å². The molecule has 1 aliphatic carbocycles. The minimum atomic E-state index is -0.405. The van der Waals surface area contributed by atoms with E-state index in [0.717, 1.165) is 37.6 Å². The Balaban J connectivity index is 1.92. The highest BCUT2D eigenvalue weighted by Gasteiger charge is 2.53. The molecule has 22 heavy (non-hydrogen) atoms. The molecule has 3 aliphatic rings. The van der Waals surface area contributed by atoms with Gasteiger partial charge in [-0.25, -0.2) is 0 Å². The number of hydrogen-bond acceptors (Lipinski definition) is 3. The highest BCUT2D eigenvalue weighted by molar-refractivity contribution is 5.60. The van der Waals surface area contributed by atoms with Crippen molar-refractivity contribution in [3.05, 3.63) is 35.4 Å². The van der Waals surface area contributed by atoms with E-state index in [2.05, 4.69) is 19.1 Å². The third kappa shape index (κ3) is 1.83. The van der Waals surface area contributed by atoms with Gasteiger partial charge >= 0.3 is 0 Å². The average molecular weight is 302 g/mol. The molecule has 4 heteroatoms. The normalized spacial score (nSPS) is 35.3. The van der Waals surface area contributed by atoms with Crippen molar-refractivity contribution in [1.82, 2.24) is 0 Å². The van der Waals surface area contributed by atoms with E-state index in [0.29, 0.717) is 6.42 Å². The van der Waals surface area contributed by atoms with Crippen LogP contribution in [0.5, 0.6) is 11.5 Å². The van der Waals surface area contributed by atoms with Gasteiger partial charge in [0.1, 0.15) is 12.6 Å². The first-order valence-electron chi connectivity index (χ1n) is 8.26. The van der Waals surface area contributed by atoms with Gasteiger partial charge < -0.3 is 19.5 Å². The first kappa shape index (κ1) is 14.1. The number of ether oxygens (including phenoxy) is 2. The molecule has 4 nitrogen and oxygen atoms in total. The van der Waals surface area contributed by atoms with Gasteiger partial charge in [-0.15, -0.1) is 0 Å². The number of nitrogens with one attached hydrogen (secondary N) is 1. The second-order valence-electron chi connectivity index (χ2n) is 6.72. The van der Waals surface area contributed by atoms with E-state index in [1.807, 2.05) is 12.1 Å². The number of quaternary nitrogens is 1. The first-order chi connectivity index (χ1) is 10.7. The molecule has 2 heterocycles. The van der Waals surface area contributed by atoms with Crippen LogP contribution in [0.4, 0.5) is 0 Å². The molecular weight excluding hydrogens is 278 g/mol. The quantitative estimate of drug-likeness (QED) is 0.795. The van der Waals surface area contributed by atoms with Crippen LogP contribution in [0.25, 0.3) is 0 Å². The highest BCUT2D eigenvalue weighted by atomic mass is 16.5. The van der Waals surface area contributed by atoms with Crippen molar-refractivity contribution in [1.29, 1.82) is 0 Å². The fourth-order valence-electron chi connectivity index (χ4n) is 4.39. The van der Waals surface area contributed by atoms with Gasteiger partial charge in [-0.05, 0) is 19.1 Å². The summed E-state index contributed by atoms with van der Waals surface area (Å²) in [6, 6.07) is 4.23. The standard InChI is InChI=1S/C18H23NO3/c1-3-19-9-8-18-7-6-13(20)10-15(18)22-17-14(21-2)5-4-12(11-19)16(17)18/h4-7,13,15,20H,3,8-11H2,1-2H3/p+1/t13-,15-,18-/m0/s1. The van der Waals surface area contributed by atoms with Crippen molar-refractivity contribution < 1.29 is 19.5 Å². The lowest BCUT2D eigenvalue weighted by Gasteiger charge is -2.35. The van der Waals surface area contributed by atoms with E-state index in [9.17, 15) is 5.11 Å². The van der Waals surface area contributed by atoms with Crippen molar-refractivity contribution in [3.8, 4) is 11.5 Å². The monoisotopic (exact) mass is 302 g/mol. The number of methoxy groups -OCH3 is 1. The van der Waals surface area contributed by atoms with Crippen LogP contribution in [0.3, 0.4) is 0 Å². The van der Waals surface area contributed by atoms with Gasteiger partial charge in [0, 0.05) is 24.0 Å². The molecule has 1 aromatic carbocycles. The fourth-order valence-corrected chi connectivity index (χ4v) is 4.39. The zero-order chi connectivity index (χ0) is 15.3. The molecule has 0 radical (unpaired) electrons. The summed E-state index contributed by atoms with van der Waals surface area (Å²) in [6.45, 7) is 5.55. The SMILES string of the molecule is CC[NH+]1CC[C@@]23C=C[C@H](O)C[C@@H]2Oc2c(OC)ccc(c23)C1. The first-order valence-corrected chi connectivity index (χ1v) is 8.26. The lowest BCUT2D eigenvalue weighted by atomic mass is 9.69. The lowest BCUT2D eigenvalue weighted by Crippen LogP contribution is -3.10. The van der Waals surface area contributed by atoms with Gasteiger partial charge in [-0.2, -0.15) is 0 Å². The van der Waals surface area contributed by atoms with Crippen LogP contribution >= 0.6 is 0 Å². The van der Waals surface area contributed by atoms with E-state index >= 15 is 0 Å². The predicted molar refractivity (Wildman–Crippen MR) is 83.5 cm³/mol. The largest absolute Gasteiger partial charge is 0.493 e. The van der Waals surface area contributed by atoms with E-state index in [4.69, 9.17) is 9.47 Å². The molecule has 1 spiro atoms. The fraction of sp³-hybridized carbons (Fsp3) is 0.556. The summed E-state index contributed by atoms with van der Waals surface area (Å²) in [7, 11) is 1.70. The Morgan fingerprint density at radius 2 is 2.32 bits per heavy atom. The molecule has 2 aliphatic heterocycles. The van der Waals surface area contributed by atoms with Crippen LogP contribution in [0.15, 0.2) is 24.3 Å². The summed E-state index contributed by atoms with van der Waals surface area (Å²) in [4.78, 5) is 1.61. The van der Waals surface area contributed by atoms with Gasteiger partial charge in [0.05, 0.1) is 31.7 Å². The van der Waals surface area contributed by atoms with Gasteiger partial charge in [-0.3, -0.25) is 0 Å². The van der Waals surface area contributed by atoms with Crippen LogP contribution in [0.1, 0.15) is 30.9 Å². The minimum absolute atomic E-state index is 0.0220. The summed E-state index contributed by atoms with van der Waals surface area (Å²) in [5.41, 5.74) is 2.59. The molecule has 0 fully saturated rings. The lowest BCUT2D eigenvalue weighted by molar-refractivity contribution is -0.912. The molecule has 0 aromatic heterocycles. The molecule has 4 atom stereocenters. The zero-order valence-electron chi connectivity index (χ0n) is 13.3. The molecule has 2 N–H and O–H groups in total. The van der Waals surface area contributed by atoms with E-state index < -0.39 is 6.10 Å². The Morgan fingerprint density at radius 1 is 1.45 bits per heavy atom. The topological polar surface area (TPSA) is 43.1 Å². The number of hydrogen-bond donors (Lipinski definition) is 2. The number of benzene rings is 1. The molecule has 118 valence electrons. The third-order valence-electron chi connectivity index (χ3n) is 5.63. The Hall–Kier alpha value is -1.52. The zero-order valence-corrected chi connectivity index (χ0v) is 13.3. The third-order valence-corrected chi connectivity index (χ3v) is 5.63. The number of aliphatic hydroxyl groups is 1. The molecular formula is C18H24NO3+. The smallest absolute Gasteiger partial charge is 0.166 e. The predicted octanol–water partition coefficient (Wildman–Crippen LogP) is 0.823. The van der Waals surface area contributed by atoms with Crippen LogP contribution < -0.4 is 14.4 Å². The Labute approximate surface area is 131 Å². The minimum Gasteiger partial charge on any atom is -0.493 e. The summed E-state index contributed by atoms with van der Waals surface area (Å²) >= 11 is 0. The molecule has 0 amide bonds. The number of aliphatic hydroxyl groups excluding tert-OH is 1. The molecule has 4 rings (SSSR count). The van der Waals surface area contributed by atoms with Crippen molar-refractivity contribution in [3.63, 3.8) is 0 Å². The molecule has 1 unspecified atom stereocenters. The maximum absolute atomic E-state index is 10.0. The van der Waals surface area contributed by atoms with Gasteiger partial charge in [0.2, 0.25) is 0 Å². The van der Waals surface area contributed by atoms with Crippen molar-refractivity contribution in [2.75, 3.05) is 20.2 Å². The Bertz CT molecular complexity index is 627. The van der Waals surface area contributed by atoms with Crippen molar-refractivity contribution in [2.45, 2.75) is 43.9 Å². The maximum atomic E-state index is 10.0. The second kappa shape index (κ2) is 5.00. The number of rotatable bonds is 2. The summed E-state index contributed by atoms with van der Waals surface area (Å²) in [5, 5.41) is 10.0. The molecule has 0 saturated heterocycles. The Kier molecular flexibility index (Phi) is 3.20. The van der Waals surface area contributed by atoms with E-state index in [-0.39, 0.29) is 11.5 Å². The van der Waals surface area contributed by atoms with E-state index in [1.165, 1.54) is 11.1 Å². The maximum Gasteiger partial charge on any atom is 0.166 e. The van der Waals surface area contributed by atoms with Gasteiger partial charge in [0.25, 0.3) is 0 Å². The summed E-state index contributed by atoms with van der Waals surface area (Å²) in [5.74, 6) is 1.72.